The number of rotatable bonds is 5. The van der Waals surface area contributed by atoms with Crippen LogP contribution in [0.15, 0.2) is 42.9 Å². The first-order chi connectivity index (χ1) is 13.1. The third kappa shape index (κ3) is 2.84. The Hall–Kier alpha value is -3.55. The van der Waals surface area contributed by atoms with Gasteiger partial charge in [0.2, 0.25) is 17.6 Å². The van der Waals surface area contributed by atoms with E-state index in [4.69, 9.17) is 9.47 Å². The van der Waals surface area contributed by atoms with Gasteiger partial charge >= 0.3 is 0 Å². The van der Waals surface area contributed by atoms with Crippen LogP contribution >= 0.6 is 0 Å². The van der Waals surface area contributed by atoms with Gasteiger partial charge < -0.3 is 14.6 Å². The highest BCUT2D eigenvalue weighted by atomic mass is 16.5. The second-order valence-corrected chi connectivity index (χ2v) is 5.92. The molecule has 0 saturated heterocycles. The van der Waals surface area contributed by atoms with Gasteiger partial charge in [0, 0.05) is 25.0 Å². The minimum absolute atomic E-state index is 0.125. The van der Waals surface area contributed by atoms with Crippen LogP contribution in [0.25, 0.3) is 27.8 Å². The molecule has 4 rings (SSSR count). The number of ether oxygens (including phenoxy) is 2. The second-order valence-electron chi connectivity index (χ2n) is 5.92. The molecule has 0 saturated carbocycles. The molecule has 0 unspecified atom stereocenters. The topological polar surface area (TPSA) is 87.2 Å². The number of fused-ring (bicyclic) bond motifs is 1. The summed E-state index contributed by atoms with van der Waals surface area (Å²) in [6.07, 6.45) is 5.37. The minimum atomic E-state index is 0.125. The Bertz CT molecular complexity index is 1120. The van der Waals surface area contributed by atoms with Gasteiger partial charge in [-0.1, -0.05) is 0 Å². The summed E-state index contributed by atoms with van der Waals surface area (Å²) >= 11 is 0. The average Bonchev–Trinajstić information content (AvgIpc) is 3.31. The van der Waals surface area contributed by atoms with E-state index in [-0.39, 0.29) is 5.88 Å². The van der Waals surface area contributed by atoms with Crippen LogP contribution in [0.3, 0.4) is 0 Å². The molecule has 0 radical (unpaired) electrons. The molecule has 0 bridgehead atoms. The van der Waals surface area contributed by atoms with Gasteiger partial charge in [-0.05, 0) is 25.1 Å². The molecule has 4 heterocycles. The van der Waals surface area contributed by atoms with E-state index in [2.05, 4.69) is 15.1 Å². The van der Waals surface area contributed by atoms with Crippen LogP contribution < -0.4 is 9.47 Å². The maximum Gasteiger partial charge on any atom is 0.225 e. The van der Waals surface area contributed by atoms with Crippen LogP contribution in [0.2, 0.25) is 0 Å². The van der Waals surface area contributed by atoms with E-state index in [1.54, 1.807) is 41.9 Å². The van der Waals surface area contributed by atoms with Crippen LogP contribution in [0, 0.1) is 0 Å². The van der Waals surface area contributed by atoms with Crippen molar-refractivity contribution < 1.29 is 14.6 Å². The lowest BCUT2D eigenvalue weighted by Gasteiger charge is -2.08. The monoisotopic (exact) mass is 365 g/mol. The molecule has 4 aromatic rings. The molecule has 1 N–H and O–H groups in total. The molecule has 0 amide bonds. The summed E-state index contributed by atoms with van der Waals surface area (Å²) in [4.78, 5) is 8.97. The molecule has 0 aliphatic rings. The molecule has 0 aromatic carbocycles. The highest BCUT2D eigenvalue weighted by Crippen LogP contribution is 2.34. The minimum Gasteiger partial charge on any atom is -0.494 e. The molecule has 0 atom stereocenters. The summed E-state index contributed by atoms with van der Waals surface area (Å²) in [7, 11) is 3.11. The normalized spacial score (nSPS) is 11.1. The zero-order chi connectivity index (χ0) is 19.0. The Morgan fingerprint density at radius 1 is 1.04 bits per heavy atom. The third-order valence-corrected chi connectivity index (χ3v) is 4.38. The molecule has 0 aliphatic carbocycles. The fourth-order valence-corrected chi connectivity index (χ4v) is 2.96. The summed E-state index contributed by atoms with van der Waals surface area (Å²) in [6.45, 7) is 2.76. The van der Waals surface area contributed by atoms with E-state index in [1.807, 2.05) is 31.3 Å². The van der Waals surface area contributed by atoms with Crippen LogP contribution in [0.4, 0.5) is 0 Å². The van der Waals surface area contributed by atoms with Crippen molar-refractivity contribution in [2.75, 3.05) is 14.2 Å². The zero-order valence-electron chi connectivity index (χ0n) is 15.2. The summed E-state index contributed by atoms with van der Waals surface area (Å²) in [5.74, 6) is 1.02. The molecule has 0 fully saturated rings. The molecule has 0 aliphatic heterocycles. The quantitative estimate of drug-likeness (QED) is 0.585. The van der Waals surface area contributed by atoms with E-state index in [1.165, 1.54) is 0 Å². The van der Waals surface area contributed by atoms with Crippen molar-refractivity contribution >= 4 is 10.9 Å². The van der Waals surface area contributed by atoms with E-state index < -0.39 is 0 Å². The number of methoxy groups -OCH3 is 2. The number of hydrogen-bond acceptors (Lipinski definition) is 6. The van der Waals surface area contributed by atoms with E-state index in [0.29, 0.717) is 28.4 Å². The standard InChI is InChI=1S/C19H19N5O3/c1-4-23-10-12(9-20-23)24-11-16-14(19(24)25)5-7-15(21-16)13-6-8-17(26-2)22-18(13)27-3/h5-11,25H,4H2,1-3H3. The summed E-state index contributed by atoms with van der Waals surface area (Å²) < 4.78 is 14.0. The lowest BCUT2D eigenvalue weighted by atomic mass is 10.1. The predicted molar refractivity (Wildman–Crippen MR) is 101 cm³/mol. The third-order valence-electron chi connectivity index (χ3n) is 4.38. The van der Waals surface area contributed by atoms with Crippen molar-refractivity contribution in [2.45, 2.75) is 13.5 Å². The zero-order valence-corrected chi connectivity index (χ0v) is 15.2. The Kier molecular flexibility index (Phi) is 4.15. The molecular formula is C19H19N5O3. The Morgan fingerprint density at radius 2 is 1.89 bits per heavy atom. The first-order valence-corrected chi connectivity index (χ1v) is 8.48. The van der Waals surface area contributed by atoms with Crippen LogP contribution in [0.5, 0.6) is 17.6 Å². The fourth-order valence-electron chi connectivity index (χ4n) is 2.96. The molecule has 8 nitrogen and oxygen atoms in total. The van der Waals surface area contributed by atoms with Crippen LogP contribution in [0.1, 0.15) is 6.92 Å². The summed E-state index contributed by atoms with van der Waals surface area (Å²) in [5.41, 5.74) is 2.87. The van der Waals surface area contributed by atoms with Gasteiger partial charge in [-0.15, -0.1) is 0 Å². The van der Waals surface area contributed by atoms with E-state index in [9.17, 15) is 5.11 Å². The van der Waals surface area contributed by atoms with Gasteiger partial charge in [0.05, 0.1) is 48.3 Å². The molecule has 0 spiro atoms. The maximum atomic E-state index is 10.6. The van der Waals surface area contributed by atoms with Crippen molar-refractivity contribution in [3.63, 3.8) is 0 Å². The van der Waals surface area contributed by atoms with Crippen molar-refractivity contribution in [3.8, 4) is 34.6 Å². The highest BCUT2D eigenvalue weighted by molar-refractivity contribution is 5.88. The first-order valence-electron chi connectivity index (χ1n) is 8.48. The van der Waals surface area contributed by atoms with Crippen molar-refractivity contribution in [1.29, 1.82) is 0 Å². The number of aromatic hydroxyl groups is 1. The molecule has 8 heteroatoms. The summed E-state index contributed by atoms with van der Waals surface area (Å²) in [6, 6.07) is 7.26. The highest BCUT2D eigenvalue weighted by Gasteiger charge is 2.15. The van der Waals surface area contributed by atoms with Gasteiger partial charge in [0.1, 0.15) is 0 Å². The van der Waals surface area contributed by atoms with Crippen molar-refractivity contribution in [3.05, 3.63) is 42.9 Å². The number of aryl methyl sites for hydroxylation is 1. The van der Waals surface area contributed by atoms with E-state index in [0.717, 1.165) is 17.8 Å². The molecule has 138 valence electrons. The predicted octanol–water partition coefficient (Wildman–Crippen LogP) is 3.03. The average molecular weight is 365 g/mol. The van der Waals surface area contributed by atoms with Gasteiger partial charge in [0.15, 0.2) is 0 Å². The van der Waals surface area contributed by atoms with E-state index >= 15 is 0 Å². The summed E-state index contributed by atoms with van der Waals surface area (Å²) in [5, 5.41) is 15.5. The molecule has 4 aromatic heterocycles. The van der Waals surface area contributed by atoms with Gasteiger partial charge in [-0.25, -0.2) is 4.98 Å². The van der Waals surface area contributed by atoms with Crippen molar-refractivity contribution in [1.82, 2.24) is 24.3 Å². The SMILES string of the molecule is CCn1cc(-n2cc3nc(-c4ccc(OC)nc4OC)ccc3c2O)cn1. The lowest BCUT2D eigenvalue weighted by Crippen LogP contribution is -1.95. The molecule has 27 heavy (non-hydrogen) atoms. The largest absolute Gasteiger partial charge is 0.494 e. The Morgan fingerprint density at radius 3 is 2.59 bits per heavy atom. The number of pyridine rings is 2. The Balaban J connectivity index is 1.81. The van der Waals surface area contributed by atoms with Crippen LogP contribution in [-0.2, 0) is 6.54 Å². The van der Waals surface area contributed by atoms with Crippen molar-refractivity contribution in [2.24, 2.45) is 0 Å². The molecular weight excluding hydrogens is 346 g/mol. The van der Waals surface area contributed by atoms with Gasteiger partial charge in [0.25, 0.3) is 0 Å². The van der Waals surface area contributed by atoms with Gasteiger partial charge in [-0.3, -0.25) is 9.25 Å². The maximum absolute atomic E-state index is 10.6. The number of nitrogens with zero attached hydrogens (tertiary/aromatic N) is 5. The van der Waals surface area contributed by atoms with Crippen LogP contribution in [-0.4, -0.2) is 43.6 Å². The first kappa shape index (κ1) is 16.9. The number of aromatic nitrogens is 5. The van der Waals surface area contributed by atoms with Gasteiger partial charge in [-0.2, -0.15) is 10.1 Å². The fraction of sp³-hybridized carbons (Fsp3) is 0.211. The smallest absolute Gasteiger partial charge is 0.225 e. The number of hydrogen-bond donors (Lipinski definition) is 1. The second kappa shape index (κ2) is 6.64. The Labute approximate surface area is 155 Å². The lowest BCUT2D eigenvalue weighted by molar-refractivity contribution is 0.366.